The number of hydrogen-bond acceptors (Lipinski definition) is 2. The van der Waals surface area contributed by atoms with Crippen molar-refractivity contribution in [3.63, 3.8) is 0 Å². The van der Waals surface area contributed by atoms with Gasteiger partial charge in [-0.1, -0.05) is 0 Å². The summed E-state index contributed by atoms with van der Waals surface area (Å²) in [6.07, 6.45) is 3.35. The van der Waals surface area contributed by atoms with Crippen molar-refractivity contribution in [1.29, 1.82) is 0 Å². The highest BCUT2D eigenvalue weighted by molar-refractivity contribution is 8.00. The Morgan fingerprint density at radius 3 is 3.20 bits per heavy atom. The summed E-state index contributed by atoms with van der Waals surface area (Å²) < 4.78 is 0. The van der Waals surface area contributed by atoms with E-state index in [1.165, 1.54) is 45.0 Å². The molecule has 0 atom stereocenters. The van der Waals surface area contributed by atoms with E-state index < -0.39 is 0 Å². The van der Waals surface area contributed by atoms with Gasteiger partial charge in [0.15, 0.2) is 0 Å². The van der Waals surface area contributed by atoms with E-state index in [1.807, 2.05) is 18.0 Å². The highest BCUT2D eigenvalue weighted by Gasteiger charge is 2.09. The first kappa shape index (κ1) is 9.67. The highest BCUT2D eigenvalue weighted by Crippen LogP contribution is 2.32. The molecule has 0 aliphatic carbocycles. The first-order valence-corrected chi connectivity index (χ1v) is 7.38. The molecular formula is C12H13NS2. The van der Waals surface area contributed by atoms with Crippen molar-refractivity contribution in [2.75, 3.05) is 11.5 Å². The predicted octanol–water partition coefficient (Wildman–Crippen LogP) is 3.90. The van der Waals surface area contributed by atoms with Gasteiger partial charge in [0.05, 0.1) is 0 Å². The molecule has 1 aromatic heterocycles. The lowest BCUT2D eigenvalue weighted by atomic mass is 10.2. The Labute approximate surface area is 98.0 Å². The first-order chi connectivity index (χ1) is 7.43. The number of benzene rings is 1. The third kappa shape index (κ3) is 1.91. The molecule has 3 rings (SSSR count). The van der Waals surface area contributed by atoms with E-state index >= 15 is 0 Å². The Morgan fingerprint density at radius 2 is 2.20 bits per heavy atom. The first-order valence-electron chi connectivity index (χ1n) is 5.24. The maximum atomic E-state index is 3.29. The monoisotopic (exact) mass is 235 g/mol. The molecule has 0 unspecified atom stereocenters. The van der Waals surface area contributed by atoms with Crippen LogP contribution >= 0.6 is 23.5 Å². The second-order valence-corrected chi connectivity index (χ2v) is 6.02. The van der Waals surface area contributed by atoms with Gasteiger partial charge in [-0.25, -0.2) is 0 Å². The number of nitrogens with one attached hydrogen (secondary N) is 1. The van der Waals surface area contributed by atoms with Gasteiger partial charge in [-0.05, 0) is 47.1 Å². The van der Waals surface area contributed by atoms with Gasteiger partial charge in [-0.3, -0.25) is 0 Å². The molecule has 0 amide bonds. The smallest absolute Gasteiger partial charge is 0.0465 e. The van der Waals surface area contributed by atoms with Gasteiger partial charge in [-0.2, -0.15) is 11.8 Å². The quantitative estimate of drug-likeness (QED) is 0.745. The minimum Gasteiger partial charge on any atom is -0.361 e. The molecule has 78 valence electrons. The van der Waals surface area contributed by atoms with Gasteiger partial charge in [0.25, 0.3) is 0 Å². The van der Waals surface area contributed by atoms with Crippen LogP contribution in [0.3, 0.4) is 0 Å². The number of thioether (sulfide) groups is 2. The molecule has 1 N–H and O–H groups in total. The van der Waals surface area contributed by atoms with E-state index in [-0.39, 0.29) is 0 Å². The average Bonchev–Trinajstić information content (AvgIpc) is 2.64. The maximum Gasteiger partial charge on any atom is 0.0465 e. The van der Waals surface area contributed by atoms with E-state index in [4.69, 9.17) is 0 Å². The van der Waals surface area contributed by atoms with Crippen LogP contribution in [0.1, 0.15) is 12.0 Å². The van der Waals surface area contributed by atoms with Gasteiger partial charge >= 0.3 is 0 Å². The van der Waals surface area contributed by atoms with Crippen molar-refractivity contribution < 1.29 is 0 Å². The summed E-state index contributed by atoms with van der Waals surface area (Å²) in [5.74, 6) is 3.73. The molecule has 2 heterocycles. The molecule has 1 aliphatic rings. The van der Waals surface area contributed by atoms with Crippen LogP contribution in [0, 0.1) is 0 Å². The topological polar surface area (TPSA) is 15.8 Å². The zero-order chi connectivity index (χ0) is 10.1. The molecule has 0 saturated heterocycles. The van der Waals surface area contributed by atoms with Gasteiger partial charge in [0.2, 0.25) is 0 Å². The molecule has 0 radical (unpaired) electrons. The van der Waals surface area contributed by atoms with Crippen LogP contribution in [0.5, 0.6) is 0 Å². The van der Waals surface area contributed by atoms with Crippen LogP contribution in [0.4, 0.5) is 0 Å². The van der Waals surface area contributed by atoms with Crippen molar-refractivity contribution in [1.82, 2.24) is 4.98 Å². The lowest BCUT2D eigenvalue weighted by molar-refractivity contribution is 1.10. The maximum absolute atomic E-state index is 3.29. The van der Waals surface area contributed by atoms with Crippen LogP contribution in [0.25, 0.3) is 10.9 Å². The molecular weight excluding hydrogens is 222 g/mol. The molecule has 1 aliphatic heterocycles. The fraction of sp³-hybridized carbons (Fsp3) is 0.333. The third-order valence-electron chi connectivity index (χ3n) is 2.68. The van der Waals surface area contributed by atoms with Gasteiger partial charge in [0.1, 0.15) is 0 Å². The fourth-order valence-corrected chi connectivity index (χ4v) is 4.15. The molecule has 3 heteroatoms. The number of aromatic amines is 1. The summed E-state index contributed by atoms with van der Waals surface area (Å²) in [7, 11) is 0. The largest absolute Gasteiger partial charge is 0.361 e. The summed E-state index contributed by atoms with van der Waals surface area (Å²) in [5.41, 5.74) is 2.78. The molecule has 0 fully saturated rings. The number of rotatable bonds is 0. The number of aromatic nitrogens is 1. The Balaban J connectivity index is 2.10. The summed E-state index contributed by atoms with van der Waals surface area (Å²) in [4.78, 5) is 4.76. The van der Waals surface area contributed by atoms with E-state index in [1.54, 1.807) is 0 Å². The van der Waals surface area contributed by atoms with Crippen LogP contribution in [0.2, 0.25) is 0 Å². The standard InChI is InChI=1S/C12H13NS2/c1-4-14-8-10-6-9-2-3-13-11(9)7-12(10)15-5-1/h2-3,6-7,13H,1,4-5,8H2. The minimum absolute atomic E-state index is 1.17. The second kappa shape index (κ2) is 4.14. The van der Waals surface area contributed by atoms with E-state index in [9.17, 15) is 0 Å². The van der Waals surface area contributed by atoms with Crippen molar-refractivity contribution in [2.24, 2.45) is 0 Å². The predicted molar refractivity (Wildman–Crippen MR) is 69.8 cm³/mol. The summed E-state index contributed by atoms with van der Waals surface area (Å²) >= 11 is 4.07. The lowest BCUT2D eigenvalue weighted by Crippen LogP contribution is -1.94. The molecule has 0 saturated carbocycles. The van der Waals surface area contributed by atoms with Crippen LogP contribution in [-0.2, 0) is 5.75 Å². The molecule has 0 bridgehead atoms. The van der Waals surface area contributed by atoms with Crippen molar-refractivity contribution in [3.8, 4) is 0 Å². The number of hydrogen-bond donors (Lipinski definition) is 1. The molecule has 15 heavy (non-hydrogen) atoms. The average molecular weight is 235 g/mol. The fourth-order valence-electron chi connectivity index (χ4n) is 1.90. The molecule has 1 aromatic carbocycles. The Morgan fingerprint density at radius 1 is 1.20 bits per heavy atom. The molecule has 0 spiro atoms. The SMILES string of the molecule is c1cc2cc3c(cc2[nH]1)SCCCSC3. The van der Waals surface area contributed by atoms with Gasteiger partial charge < -0.3 is 4.98 Å². The second-order valence-electron chi connectivity index (χ2n) is 3.78. The Kier molecular flexibility index (Phi) is 2.67. The Bertz CT molecular complexity index is 433. The molecule has 2 aromatic rings. The summed E-state index contributed by atoms with van der Waals surface area (Å²) in [5, 5.41) is 1.34. The van der Waals surface area contributed by atoms with Crippen molar-refractivity contribution in [2.45, 2.75) is 17.1 Å². The third-order valence-corrected chi connectivity index (χ3v) is 4.96. The van der Waals surface area contributed by atoms with Crippen molar-refractivity contribution >= 4 is 34.4 Å². The normalized spacial score (nSPS) is 17.1. The van der Waals surface area contributed by atoms with Crippen molar-refractivity contribution in [3.05, 3.63) is 30.0 Å². The van der Waals surface area contributed by atoms with E-state index in [0.29, 0.717) is 0 Å². The zero-order valence-electron chi connectivity index (χ0n) is 8.45. The number of fused-ring (bicyclic) bond motifs is 2. The van der Waals surface area contributed by atoms with E-state index in [0.717, 1.165) is 0 Å². The molecule has 1 nitrogen and oxygen atoms in total. The van der Waals surface area contributed by atoms with Gasteiger partial charge in [0, 0.05) is 22.4 Å². The lowest BCUT2D eigenvalue weighted by Gasteiger charge is -2.13. The number of H-pyrrole nitrogens is 1. The summed E-state index contributed by atoms with van der Waals surface area (Å²) in [6.45, 7) is 0. The van der Waals surface area contributed by atoms with Crippen LogP contribution in [-0.4, -0.2) is 16.5 Å². The van der Waals surface area contributed by atoms with Crippen LogP contribution < -0.4 is 0 Å². The zero-order valence-corrected chi connectivity index (χ0v) is 10.1. The van der Waals surface area contributed by atoms with Gasteiger partial charge in [-0.15, -0.1) is 11.8 Å². The van der Waals surface area contributed by atoms with E-state index in [2.05, 4.69) is 34.9 Å². The Hall–Kier alpha value is -0.540. The summed E-state index contributed by atoms with van der Waals surface area (Å²) in [6, 6.07) is 6.80. The minimum atomic E-state index is 1.17. The van der Waals surface area contributed by atoms with Crippen LogP contribution in [0.15, 0.2) is 29.3 Å². The highest BCUT2D eigenvalue weighted by atomic mass is 32.2.